The number of hydrogen-bond donors (Lipinski definition) is 0. The van der Waals surface area contributed by atoms with Gasteiger partial charge in [-0.3, -0.25) is 0 Å². The van der Waals surface area contributed by atoms with Crippen LogP contribution in [-0.4, -0.2) is 197 Å². The summed E-state index contributed by atoms with van der Waals surface area (Å²) in [6, 6.07) is 2.56. The standard InChI is InChI=1S/C40H54B24N2/c41-2-1-5-3-6-9-14(44)10(16(46)28(58)36(9)65(35(6)19(49)8(5)7(43)4-42)39-31(61)24(54)21(51)25(55)32(39)62)11-15(45)12-13-18(48)20(50)23(53)30(60)38(13)66(37(12)29(59)17(11)47)40-33(63)26(56)22(52)27(57)34(40)64/h1-3,7H,4,41-64H2/b2-1+. The summed E-state index contributed by atoms with van der Waals surface area (Å²) in [7, 11) is 56.7. The molecule has 1 unspecified atom stereocenters. The Labute approximate surface area is 417 Å². The van der Waals surface area contributed by atoms with Crippen LogP contribution in [-0.2, 0) is 0 Å². The lowest BCUT2D eigenvalue weighted by molar-refractivity contribution is 1.08. The third-order valence-electron chi connectivity index (χ3n) is 18.3. The normalized spacial score (nSPS) is 12.4. The monoisotopic (exact) mass is 827 g/mol. The van der Waals surface area contributed by atoms with Gasteiger partial charge < -0.3 is 9.13 Å². The number of nitrogens with zero attached hydrogens (tertiary/aromatic N) is 2. The average molecular weight is 822 g/mol. The van der Waals surface area contributed by atoms with Gasteiger partial charge in [-0.15, -0.1) is 22.4 Å². The highest BCUT2D eigenvalue weighted by Crippen LogP contribution is 2.35. The lowest BCUT2D eigenvalue weighted by atomic mass is 9.61. The summed E-state index contributed by atoms with van der Waals surface area (Å²) in [5.41, 5.74) is 42.8. The first-order valence-electron chi connectivity index (χ1n) is 24.8. The molecule has 2 heterocycles. The van der Waals surface area contributed by atoms with Crippen LogP contribution in [0.3, 0.4) is 0 Å². The molecule has 0 bridgehead atoms. The van der Waals surface area contributed by atoms with E-state index in [1.54, 1.807) is 0 Å². The van der Waals surface area contributed by atoms with Crippen molar-refractivity contribution in [3.8, 4) is 22.5 Å². The van der Waals surface area contributed by atoms with Gasteiger partial charge in [0.05, 0.1) is 0 Å². The molecule has 0 fully saturated rings. The van der Waals surface area contributed by atoms with Crippen LogP contribution in [0.5, 0.6) is 0 Å². The van der Waals surface area contributed by atoms with E-state index in [0.717, 1.165) is 6.32 Å². The van der Waals surface area contributed by atoms with Crippen LogP contribution >= 0.6 is 0 Å². The molecular formula is C40H54B24N2. The summed E-state index contributed by atoms with van der Waals surface area (Å²) >= 11 is 0. The zero-order valence-electron chi connectivity index (χ0n) is 45.4. The maximum absolute atomic E-state index is 2.73. The number of hydrogen-bond acceptors (Lipinski definition) is 0. The minimum absolute atomic E-state index is 0.428. The first-order valence-corrected chi connectivity index (χ1v) is 24.8. The maximum Gasteiger partial charge on any atom is 0.142 e. The summed E-state index contributed by atoms with van der Waals surface area (Å²) in [6.07, 6.45) is 3.46. The van der Waals surface area contributed by atoms with Crippen molar-refractivity contribution in [3.63, 3.8) is 0 Å². The fraction of sp³-hybridized carbons (Fsp3) is 0.0500. The first-order chi connectivity index (χ1) is 30.9. The predicted octanol–water partition coefficient (Wildman–Crippen LogP) is -28.7. The van der Waals surface area contributed by atoms with Gasteiger partial charge in [-0.1, -0.05) is 122 Å². The van der Waals surface area contributed by atoms with Gasteiger partial charge in [-0.05, 0) is 28.1 Å². The molecule has 2 aromatic heterocycles. The van der Waals surface area contributed by atoms with Crippen LogP contribution < -0.4 is 115 Å². The maximum atomic E-state index is 2.73. The molecule has 8 rings (SSSR count). The molecule has 0 spiro atoms. The zero-order valence-corrected chi connectivity index (χ0v) is 45.4. The summed E-state index contributed by atoms with van der Waals surface area (Å²) < 4.78 is 5.44. The van der Waals surface area contributed by atoms with Crippen LogP contribution in [0.2, 0.25) is 6.32 Å². The average Bonchev–Trinajstić information content (AvgIpc) is 3.82. The van der Waals surface area contributed by atoms with E-state index < -0.39 is 0 Å². The molecule has 0 radical (unpaired) electrons. The molecule has 0 aliphatic heterocycles. The molecule has 296 valence electrons. The molecule has 0 amide bonds. The molecule has 0 saturated carbocycles. The van der Waals surface area contributed by atoms with Gasteiger partial charge in [0.1, 0.15) is 188 Å². The van der Waals surface area contributed by atoms with Crippen molar-refractivity contribution in [1.29, 1.82) is 0 Å². The molecule has 0 saturated heterocycles. The molecular weight excluding hydrogens is 768 g/mol. The van der Waals surface area contributed by atoms with Gasteiger partial charge in [0.15, 0.2) is 0 Å². The van der Waals surface area contributed by atoms with E-state index in [4.69, 9.17) is 0 Å². The molecule has 0 aliphatic carbocycles. The van der Waals surface area contributed by atoms with Crippen molar-refractivity contribution in [1.82, 2.24) is 9.13 Å². The van der Waals surface area contributed by atoms with Crippen LogP contribution in [0.25, 0.3) is 72.2 Å². The topological polar surface area (TPSA) is 9.86 Å². The number of benzene rings is 6. The van der Waals surface area contributed by atoms with Crippen LogP contribution in [0.4, 0.5) is 0 Å². The van der Waals surface area contributed by atoms with Gasteiger partial charge >= 0.3 is 0 Å². The molecule has 0 N–H and O–H groups in total. The molecule has 0 aliphatic rings. The van der Waals surface area contributed by atoms with Crippen molar-refractivity contribution in [2.75, 3.05) is 0 Å². The van der Waals surface area contributed by atoms with E-state index in [0.29, 0.717) is 5.82 Å². The highest BCUT2D eigenvalue weighted by Gasteiger charge is 2.31. The second kappa shape index (κ2) is 17.0. The SMILES string of the molecule is B/C=C/c1cc2c3c(B)c(-c4c(B)c(B)c5c(c4B)c4c(B)c(B)c(B)c(B)c4n5-c4c(B)c(B)c(B)c(B)c4B)c(B)c(B)c3n(-c3c(B)c(B)c(B)c(B)c3B)c2c(B)c1C(B)CB. The Bertz CT molecular complexity index is 3510. The van der Waals surface area contributed by atoms with Gasteiger partial charge in [0, 0.05) is 49.6 Å². The summed E-state index contributed by atoms with van der Waals surface area (Å²) in [4.78, 5) is 0. The van der Waals surface area contributed by atoms with E-state index in [1.165, 1.54) is 192 Å². The minimum Gasteiger partial charge on any atom is -0.312 e. The van der Waals surface area contributed by atoms with E-state index in [1.807, 2.05) is 0 Å². The van der Waals surface area contributed by atoms with E-state index in [9.17, 15) is 0 Å². The van der Waals surface area contributed by atoms with Crippen molar-refractivity contribution in [2.24, 2.45) is 0 Å². The van der Waals surface area contributed by atoms with E-state index in [2.05, 4.69) is 216 Å². The highest BCUT2D eigenvalue weighted by atomic mass is 15.0. The number of aromatic nitrogens is 2. The van der Waals surface area contributed by atoms with Gasteiger partial charge in [0.25, 0.3) is 0 Å². The van der Waals surface area contributed by atoms with Crippen molar-refractivity contribution < 1.29 is 0 Å². The van der Waals surface area contributed by atoms with E-state index >= 15 is 0 Å². The fourth-order valence-electron chi connectivity index (χ4n) is 12.9. The summed E-state index contributed by atoms with van der Waals surface area (Å²) in [5.74, 6) is 2.66. The van der Waals surface area contributed by atoms with E-state index in [-0.39, 0.29) is 0 Å². The van der Waals surface area contributed by atoms with Gasteiger partial charge in [-0.25, -0.2) is 0 Å². The van der Waals surface area contributed by atoms with Crippen LogP contribution in [0.15, 0.2) is 12.0 Å². The second-order valence-corrected chi connectivity index (χ2v) is 21.0. The Morgan fingerprint density at radius 1 is 0.379 bits per heavy atom. The summed E-state index contributed by atoms with van der Waals surface area (Å²) in [6.45, 7) is 0. The first kappa shape index (κ1) is 48.7. The number of rotatable bonds is 6. The zero-order chi connectivity index (χ0) is 48.8. The van der Waals surface area contributed by atoms with Gasteiger partial charge in [-0.2, -0.15) is 0 Å². The summed E-state index contributed by atoms with van der Waals surface area (Å²) in [5, 5.41) is 5.56. The predicted molar refractivity (Wildman–Crippen MR) is 375 cm³/mol. The quantitative estimate of drug-likeness (QED) is 0.148. The Hall–Kier alpha value is -3.78. The molecule has 8 aromatic rings. The molecule has 66 heavy (non-hydrogen) atoms. The third-order valence-corrected chi connectivity index (χ3v) is 18.3. The lowest BCUT2D eigenvalue weighted by Crippen LogP contribution is -2.56. The molecule has 26 heteroatoms. The smallest absolute Gasteiger partial charge is 0.142 e. The molecule has 2 nitrogen and oxygen atoms in total. The third kappa shape index (κ3) is 6.43. The highest BCUT2D eigenvalue weighted by molar-refractivity contribution is 6.73. The van der Waals surface area contributed by atoms with Crippen molar-refractivity contribution in [2.45, 2.75) is 12.1 Å². The lowest BCUT2D eigenvalue weighted by Gasteiger charge is -2.27. The molecule has 1 atom stereocenters. The van der Waals surface area contributed by atoms with Crippen molar-refractivity contribution >= 4 is 353 Å². The Balaban J connectivity index is 1.65. The fourth-order valence-corrected chi connectivity index (χ4v) is 12.9. The Morgan fingerprint density at radius 2 is 0.712 bits per heavy atom. The van der Waals surface area contributed by atoms with Gasteiger partial charge in [0.2, 0.25) is 0 Å². The van der Waals surface area contributed by atoms with Crippen LogP contribution in [0.1, 0.15) is 16.9 Å². The second-order valence-electron chi connectivity index (χ2n) is 21.0. The Morgan fingerprint density at radius 3 is 1.14 bits per heavy atom. The number of fused-ring (bicyclic) bond motifs is 6. The Kier molecular flexibility index (Phi) is 12.5. The largest absolute Gasteiger partial charge is 0.312 e. The van der Waals surface area contributed by atoms with Crippen LogP contribution in [0, 0.1) is 0 Å². The molecule has 6 aromatic carbocycles. The van der Waals surface area contributed by atoms with Crippen molar-refractivity contribution in [3.05, 3.63) is 23.2 Å². The minimum atomic E-state index is 0.428.